The van der Waals surface area contributed by atoms with Gasteiger partial charge in [0.25, 0.3) is 0 Å². The van der Waals surface area contributed by atoms with Crippen LogP contribution >= 0.6 is 11.8 Å². The van der Waals surface area contributed by atoms with E-state index < -0.39 is 69.5 Å². The van der Waals surface area contributed by atoms with E-state index in [1.807, 2.05) is 6.07 Å². The van der Waals surface area contributed by atoms with Crippen molar-refractivity contribution in [2.24, 2.45) is 22.7 Å². The van der Waals surface area contributed by atoms with Crippen LogP contribution in [-0.2, 0) is 19.1 Å². The number of furan rings is 1. The smallest absolute Gasteiger partial charge is 0.225 e. The molecule has 4 fully saturated rings. The van der Waals surface area contributed by atoms with E-state index in [2.05, 4.69) is 0 Å². The van der Waals surface area contributed by atoms with Crippen molar-refractivity contribution >= 4 is 22.7 Å². The Morgan fingerprint density at radius 2 is 2.11 bits per heavy atom. The maximum atomic E-state index is 17.4. The molecule has 0 radical (unpaired) electrons. The van der Waals surface area contributed by atoms with Gasteiger partial charge >= 0.3 is 0 Å². The third-order valence-electron chi connectivity index (χ3n) is 9.72. The molecule has 1 aromatic heterocycles. The molecule has 4 aliphatic carbocycles. The quantitative estimate of drug-likeness (QED) is 0.620. The Morgan fingerprint density at radius 3 is 2.81 bits per heavy atom. The second-order valence-electron chi connectivity index (χ2n) is 11.2. The molecule has 0 aromatic carbocycles. The maximum absolute atomic E-state index is 17.4. The van der Waals surface area contributed by atoms with Gasteiger partial charge in [-0.1, -0.05) is 24.8 Å². The summed E-state index contributed by atoms with van der Waals surface area (Å²) in [5.41, 5.74) is -6.47. The minimum atomic E-state index is -2.27. The van der Waals surface area contributed by atoms with E-state index in [4.69, 9.17) is 19.2 Å². The van der Waals surface area contributed by atoms with Crippen molar-refractivity contribution in [1.29, 1.82) is 5.26 Å². The molecular formula is C27H27F2NO6S. The molecule has 0 amide bonds. The molecule has 196 valence electrons. The summed E-state index contributed by atoms with van der Waals surface area (Å²) in [6.45, 7) is 3.31. The Bertz CT molecular complexity index is 1260. The van der Waals surface area contributed by atoms with Crippen molar-refractivity contribution < 1.29 is 37.4 Å². The number of fused-ring (bicyclic) bond motifs is 7. The molecule has 7 nitrogen and oxygen atoms in total. The Labute approximate surface area is 216 Å². The fraction of sp³-hybridized carbons (Fsp3) is 0.593. The van der Waals surface area contributed by atoms with Gasteiger partial charge in [0.05, 0.1) is 30.3 Å². The lowest BCUT2D eigenvalue weighted by Gasteiger charge is -2.63. The van der Waals surface area contributed by atoms with Crippen molar-refractivity contribution in [2.75, 3.05) is 5.75 Å². The fourth-order valence-corrected chi connectivity index (χ4v) is 8.88. The number of aliphatic hydroxyl groups is 1. The van der Waals surface area contributed by atoms with Crippen LogP contribution < -0.4 is 0 Å². The normalized spacial score (nSPS) is 47.9. The van der Waals surface area contributed by atoms with Crippen LogP contribution in [0.25, 0.3) is 0 Å². The van der Waals surface area contributed by atoms with E-state index in [9.17, 15) is 14.7 Å². The number of alkyl halides is 2. The Kier molecular flexibility index (Phi) is 5.46. The summed E-state index contributed by atoms with van der Waals surface area (Å²) in [5.74, 6) is -1.70. The summed E-state index contributed by atoms with van der Waals surface area (Å²) < 4.78 is 51.1. The number of nitriles is 1. The Balaban J connectivity index is 1.46. The van der Waals surface area contributed by atoms with Gasteiger partial charge in [-0.15, -0.1) is 0 Å². The van der Waals surface area contributed by atoms with Gasteiger partial charge in [-0.25, -0.2) is 8.78 Å². The first-order valence-corrected chi connectivity index (χ1v) is 13.4. The lowest BCUT2D eigenvalue weighted by Crippen LogP contribution is -2.70. The summed E-state index contributed by atoms with van der Waals surface area (Å²) in [4.78, 5) is 25.8. The number of hydrogen-bond donors (Lipinski definition) is 1. The van der Waals surface area contributed by atoms with Crippen molar-refractivity contribution in [3.63, 3.8) is 0 Å². The van der Waals surface area contributed by atoms with E-state index >= 15 is 8.78 Å². The Morgan fingerprint density at radius 1 is 1.32 bits per heavy atom. The molecule has 10 heteroatoms. The van der Waals surface area contributed by atoms with Crippen molar-refractivity contribution in [3.05, 3.63) is 48.0 Å². The number of aliphatic hydroxyl groups excluding tert-OH is 1. The van der Waals surface area contributed by atoms with Gasteiger partial charge in [-0.05, 0) is 62.0 Å². The summed E-state index contributed by atoms with van der Waals surface area (Å²) in [7, 11) is 0. The molecule has 2 heterocycles. The summed E-state index contributed by atoms with van der Waals surface area (Å²) >= 11 is 0.799. The van der Waals surface area contributed by atoms with Crippen molar-refractivity contribution in [2.45, 2.75) is 69.0 Å². The largest absolute Gasteiger partial charge is 0.464 e. The average molecular weight is 532 g/mol. The van der Waals surface area contributed by atoms with Crippen LogP contribution in [0, 0.1) is 34.0 Å². The third-order valence-corrected chi connectivity index (χ3v) is 10.6. The number of nitrogens with zero attached hydrogens (tertiary/aromatic N) is 1. The highest BCUT2D eigenvalue weighted by molar-refractivity contribution is 8.14. The molecule has 1 aromatic rings. The zero-order chi connectivity index (χ0) is 26.4. The lowest BCUT2D eigenvalue weighted by atomic mass is 9.44. The molecule has 6 rings (SSSR count). The second-order valence-corrected chi connectivity index (χ2v) is 12.1. The van der Waals surface area contributed by atoms with Crippen LogP contribution in [0.15, 0.2) is 46.6 Å². The molecule has 0 bridgehead atoms. The lowest BCUT2D eigenvalue weighted by molar-refractivity contribution is -0.233. The van der Waals surface area contributed by atoms with Crippen LogP contribution in [0.2, 0.25) is 0 Å². The number of ketones is 1. The maximum Gasteiger partial charge on any atom is 0.225 e. The predicted octanol–water partition coefficient (Wildman–Crippen LogP) is 4.14. The standard InChI is InChI=1S/C27H27F2NO6S/c1-24-6-5-14(31)10-17(24)18(28)11-16-15-12-21-27(23(33)37-9-7-30,25(15,2)13-20(32)26(16,24)29)36-22(35-21)19-4-3-8-34-19/h3-6,8,10,15-16,18,20-22,32H,9,11-13H2,1-2H3/t15-,16-,18-,20-,21+,22?,24-,25-,26-,27-/m0/s1. The molecular weight excluding hydrogens is 504 g/mol. The van der Waals surface area contributed by atoms with Gasteiger partial charge in [0.2, 0.25) is 11.4 Å². The van der Waals surface area contributed by atoms with Crippen LogP contribution in [0.3, 0.4) is 0 Å². The molecule has 1 saturated heterocycles. The van der Waals surface area contributed by atoms with Gasteiger partial charge in [-0.2, -0.15) is 5.26 Å². The highest BCUT2D eigenvalue weighted by Crippen LogP contribution is 2.73. The van der Waals surface area contributed by atoms with E-state index in [0.29, 0.717) is 5.76 Å². The van der Waals surface area contributed by atoms with Crippen molar-refractivity contribution in [3.8, 4) is 6.07 Å². The van der Waals surface area contributed by atoms with Gasteiger partial charge in [-0.3, -0.25) is 9.59 Å². The molecule has 3 saturated carbocycles. The number of thioether (sulfide) groups is 1. The van der Waals surface area contributed by atoms with E-state index in [1.165, 1.54) is 25.3 Å². The summed E-state index contributed by atoms with van der Waals surface area (Å²) in [6, 6.07) is 5.28. The second kappa shape index (κ2) is 8.09. The molecule has 5 aliphatic rings. The zero-order valence-corrected chi connectivity index (χ0v) is 21.2. The fourth-order valence-electron chi connectivity index (χ4n) is 8.06. The van der Waals surface area contributed by atoms with Gasteiger partial charge in [0.1, 0.15) is 6.17 Å². The number of carbonyl (C=O) groups is 2. The highest BCUT2D eigenvalue weighted by Gasteiger charge is 2.80. The number of halogens is 2. The molecule has 10 atom stereocenters. The Hall–Kier alpha value is -2.32. The number of hydrogen-bond acceptors (Lipinski definition) is 8. The monoisotopic (exact) mass is 531 g/mol. The first-order chi connectivity index (χ1) is 17.5. The van der Waals surface area contributed by atoms with Crippen LogP contribution in [0.4, 0.5) is 8.78 Å². The van der Waals surface area contributed by atoms with E-state index in [0.717, 1.165) is 17.8 Å². The molecule has 1 aliphatic heterocycles. The minimum Gasteiger partial charge on any atom is -0.464 e. The molecule has 37 heavy (non-hydrogen) atoms. The predicted molar refractivity (Wildman–Crippen MR) is 127 cm³/mol. The number of allylic oxidation sites excluding steroid dienone is 4. The van der Waals surface area contributed by atoms with Gasteiger partial charge in [0.15, 0.2) is 22.8 Å². The first-order valence-electron chi connectivity index (χ1n) is 12.4. The minimum absolute atomic E-state index is 0.0420. The number of carbonyl (C=O) groups excluding carboxylic acids is 2. The zero-order valence-electron chi connectivity index (χ0n) is 20.4. The van der Waals surface area contributed by atoms with Crippen LogP contribution in [-0.4, -0.2) is 51.4 Å². The van der Waals surface area contributed by atoms with E-state index in [-0.39, 0.29) is 30.6 Å². The van der Waals surface area contributed by atoms with Crippen LogP contribution in [0.5, 0.6) is 0 Å². The highest BCUT2D eigenvalue weighted by atomic mass is 32.2. The van der Waals surface area contributed by atoms with Crippen molar-refractivity contribution in [1.82, 2.24) is 0 Å². The van der Waals surface area contributed by atoms with Crippen LogP contribution in [0.1, 0.15) is 45.2 Å². The van der Waals surface area contributed by atoms with Gasteiger partial charge in [0, 0.05) is 16.7 Å². The SMILES string of the molecule is C[C@]12C=CC(=O)C=C1[C@@H](F)C[C@H]1[C@@H]3C[C@H]4OC(c5ccco5)O[C@@]4(C(=O)SCC#N)[C@@]3(C)C[C@H](O)[C@@]12F. The van der Waals surface area contributed by atoms with E-state index in [1.54, 1.807) is 19.1 Å². The van der Waals surface area contributed by atoms with Gasteiger partial charge < -0.3 is 19.0 Å². The third kappa shape index (κ3) is 2.97. The topological polar surface area (TPSA) is 110 Å². The molecule has 1 N–H and O–H groups in total. The molecule has 0 spiro atoms. The summed E-state index contributed by atoms with van der Waals surface area (Å²) in [6.07, 6.45) is 0.0941. The summed E-state index contributed by atoms with van der Waals surface area (Å²) in [5, 5.41) is 20.2. The number of rotatable bonds is 3. The first kappa shape index (κ1) is 25.0. The number of ether oxygens (including phenoxy) is 2. The average Bonchev–Trinajstić information content (AvgIpc) is 3.57. The molecule has 1 unspecified atom stereocenters.